The van der Waals surface area contributed by atoms with Crippen LogP contribution >= 0.6 is 0 Å². The van der Waals surface area contributed by atoms with Gasteiger partial charge < -0.3 is 9.30 Å². The Balaban J connectivity index is 1.74. The molecule has 0 saturated heterocycles. The van der Waals surface area contributed by atoms with Crippen LogP contribution in [0.3, 0.4) is 0 Å². The van der Waals surface area contributed by atoms with Crippen LogP contribution < -0.4 is 9.46 Å². The lowest BCUT2D eigenvalue weighted by atomic mass is 9.99. The highest BCUT2D eigenvalue weighted by Gasteiger charge is 2.42. The highest BCUT2D eigenvalue weighted by molar-refractivity contribution is 7.89. The van der Waals surface area contributed by atoms with Crippen molar-refractivity contribution in [2.24, 2.45) is 5.92 Å². The summed E-state index contributed by atoms with van der Waals surface area (Å²) in [5.74, 6) is -2.00. The van der Waals surface area contributed by atoms with Crippen molar-refractivity contribution in [1.82, 2.24) is 19.5 Å². The van der Waals surface area contributed by atoms with E-state index in [4.69, 9.17) is 4.74 Å². The number of ether oxygens (including phenoxy) is 1. The van der Waals surface area contributed by atoms with Gasteiger partial charge in [0.05, 0.1) is 24.0 Å². The Morgan fingerprint density at radius 1 is 1.32 bits per heavy atom. The van der Waals surface area contributed by atoms with Crippen molar-refractivity contribution in [3.63, 3.8) is 0 Å². The van der Waals surface area contributed by atoms with E-state index in [0.29, 0.717) is 5.82 Å². The Morgan fingerprint density at radius 2 is 2.07 bits per heavy atom. The smallest absolute Gasteiger partial charge is 0.393 e. The first-order chi connectivity index (χ1) is 13.1. The summed E-state index contributed by atoms with van der Waals surface area (Å²) in [7, 11) is -4.11. The van der Waals surface area contributed by atoms with E-state index in [1.54, 1.807) is 6.92 Å². The monoisotopic (exact) mass is 422 g/mol. The van der Waals surface area contributed by atoms with Crippen LogP contribution in [0.4, 0.5) is 17.6 Å². The number of hydrogen-bond acceptors (Lipinski definition) is 5. The first-order valence-corrected chi connectivity index (χ1v) is 10.00. The summed E-state index contributed by atoms with van der Waals surface area (Å²) in [6.07, 6.45) is -4.33. The van der Waals surface area contributed by atoms with E-state index in [0.717, 1.165) is 6.07 Å². The Labute approximate surface area is 158 Å². The van der Waals surface area contributed by atoms with E-state index in [1.807, 2.05) is 0 Å². The summed E-state index contributed by atoms with van der Waals surface area (Å²) in [5, 5.41) is 7.62. The SMILES string of the molecule is CCOc1ccc(S(=O)(=O)NCc2nnc3n2C[C@H](C(F)(F)F)CC3)cc1F. The average Bonchev–Trinajstić information content (AvgIpc) is 3.03. The van der Waals surface area contributed by atoms with E-state index in [9.17, 15) is 26.0 Å². The largest absolute Gasteiger partial charge is 0.491 e. The van der Waals surface area contributed by atoms with E-state index in [1.165, 1.54) is 16.7 Å². The third-order valence-electron chi connectivity index (χ3n) is 4.42. The zero-order valence-electron chi connectivity index (χ0n) is 14.8. The molecule has 1 atom stereocenters. The van der Waals surface area contributed by atoms with Crippen LogP contribution in [0.5, 0.6) is 5.75 Å². The van der Waals surface area contributed by atoms with Crippen LogP contribution in [0, 0.1) is 11.7 Å². The molecule has 1 N–H and O–H groups in total. The quantitative estimate of drug-likeness (QED) is 0.723. The third kappa shape index (κ3) is 4.27. The standard InChI is InChI=1S/C16H18F4N4O3S/c1-2-27-13-5-4-11(7-12(13)17)28(25,26)21-8-15-23-22-14-6-3-10(9-24(14)15)16(18,19)20/h4-5,7,10,21H,2-3,6,8-9H2,1H3/t10-/m1/s1. The normalized spacial score (nSPS) is 17.4. The molecular weight excluding hydrogens is 404 g/mol. The lowest BCUT2D eigenvalue weighted by Crippen LogP contribution is -2.34. The van der Waals surface area contributed by atoms with Crippen LogP contribution in [0.25, 0.3) is 0 Å². The summed E-state index contributed by atoms with van der Waals surface area (Å²) < 4.78 is 86.2. The maximum absolute atomic E-state index is 13.9. The number of rotatable bonds is 6. The number of alkyl halides is 3. The molecule has 0 fully saturated rings. The average molecular weight is 422 g/mol. The Kier molecular flexibility index (Phi) is 5.62. The van der Waals surface area contributed by atoms with Gasteiger partial charge in [-0.15, -0.1) is 10.2 Å². The Morgan fingerprint density at radius 3 is 2.71 bits per heavy atom. The highest BCUT2D eigenvalue weighted by atomic mass is 32.2. The van der Waals surface area contributed by atoms with Crippen molar-refractivity contribution in [2.75, 3.05) is 6.61 Å². The molecular formula is C16H18F4N4O3S. The molecule has 0 aliphatic carbocycles. The van der Waals surface area contributed by atoms with Gasteiger partial charge in [-0.2, -0.15) is 13.2 Å². The Hall–Kier alpha value is -2.21. The molecule has 2 aromatic rings. The van der Waals surface area contributed by atoms with Crippen LogP contribution in [0.2, 0.25) is 0 Å². The molecule has 154 valence electrons. The molecule has 0 spiro atoms. The lowest BCUT2D eigenvalue weighted by molar-refractivity contribution is -0.182. The molecule has 0 radical (unpaired) electrons. The fourth-order valence-corrected chi connectivity index (χ4v) is 3.94. The number of nitrogens with zero attached hydrogens (tertiary/aromatic N) is 3. The fourth-order valence-electron chi connectivity index (χ4n) is 2.95. The molecule has 12 heteroatoms. The maximum atomic E-state index is 13.9. The second-order valence-corrected chi connectivity index (χ2v) is 8.04. The van der Waals surface area contributed by atoms with Crippen LogP contribution in [-0.2, 0) is 29.5 Å². The van der Waals surface area contributed by atoms with Crippen molar-refractivity contribution < 1.29 is 30.7 Å². The van der Waals surface area contributed by atoms with Gasteiger partial charge in [0.2, 0.25) is 10.0 Å². The Bertz CT molecular complexity index is 959. The van der Waals surface area contributed by atoms with Crippen LogP contribution in [0.1, 0.15) is 25.0 Å². The van der Waals surface area contributed by atoms with Gasteiger partial charge in [-0.25, -0.2) is 17.5 Å². The second kappa shape index (κ2) is 7.66. The van der Waals surface area contributed by atoms with Gasteiger partial charge in [-0.05, 0) is 31.5 Å². The lowest BCUT2D eigenvalue weighted by Gasteiger charge is -2.26. The molecule has 2 heterocycles. The van der Waals surface area contributed by atoms with Crippen molar-refractivity contribution in [2.45, 2.75) is 43.9 Å². The van der Waals surface area contributed by atoms with Gasteiger partial charge in [0.1, 0.15) is 11.6 Å². The number of sulfonamides is 1. The molecule has 0 amide bonds. The first kappa shape index (κ1) is 20.5. The summed E-state index contributed by atoms with van der Waals surface area (Å²) in [6.45, 7) is 1.15. The van der Waals surface area contributed by atoms with Crippen LogP contribution in [0.15, 0.2) is 23.1 Å². The second-order valence-electron chi connectivity index (χ2n) is 6.27. The zero-order valence-corrected chi connectivity index (χ0v) is 15.6. The van der Waals surface area contributed by atoms with Crippen molar-refractivity contribution >= 4 is 10.0 Å². The van der Waals surface area contributed by atoms with E-state index < -0.39 is 27.9 Å². The first-order valence-electron chi connectivity index (χ1n) is 8.51. The predicted molar refractivity (Wildman–Crippen MR) is 89.5 cm³/mol. The molecule has 3 rings (SSSR count). The summed E-state index contributed by atoms with van der Waals surface area (Å²) in [5.41, 5.74) is 0. The number of aryl methyl sites for hydroxylation is 1. The molecule has 1 aliphatic heterocycles. The van der Waals surface area contributed by atoms with E-state index in [-0.39, 0.29) is 49.0 Å². The van der Waals surface area contributed by atoms with E-state index >= 15 is 0 Å². The minimum atomic E-state index is -4.35. The minimum Gasteiger partial charge on any atom is -0.491 e. The summed E-state index contributed by atoms with van der Waals surface area (Å²) in [4.78, 5) is -0.333. The van der Waals surface area contributed by atoms with Gasteiger partial charge >= 0.3 is 6.18 Å². The topological polar surface area (TPSA) is 86.1 Å². The number of hydrogen-bond donors (Lipinski definition) is 1. The molecule has 7 nitrogen and oxygen atoms in total. The van der Waals surface area contributed by atoms with Gasteiger partial charge in [0.25, 0.3) is 0 Å². The van der Waals surface area contributed by atoms with Crippen LogP contribution in [-0.4, -0.2) is 36.0 Å². The molecule has 0 saturated carbocycles. The molecule has 1 aliphatic rings. The summed E-state index contributed by atoms with van der Waals surface area (Å²) >= 11 is 0. The predicted octanol–water partition coefficient (Wildman–Crippen LogP) is 2.42. The van der Waals surface area contributed by atoms with E-state index in [2.05, 4.69) is 14.9 Å². The van der Waals surface area contributed by atoms with Gasteiger partial charge in [0.15, 0.2) is 11.6 Å². The molecule has 1 aromatic heterocycles. The van der Waals surface area contributed by atoms with Crippen molar-refractivity contribution in [3.8, 4) is 5.75 Å². The van der Waals surface area contributed by atoms with Crippen molar-refractivity contribution in [1.29, 1.82) is 0 Å². The molecule has 0 unspecified atom stereocenters. The highest BCUT2D eigenvalue weighted by Crippen LogP contribution is 2.34. The number of aromatic nitrogens is 3. The fraction of sp³-hybridized carbons (Fsp3) is 0.500. The van der Waals surface area contributed by atoms with Gasteiger partial charge in [-0.3, -0.25) is 0 Å². The van der Waals surface area contributed by atoms with Gasteiger partial charge in [-0.1, -0.05) is 0 Å². The third-order valence-corrected chi connectivity index (χ3v) is 5.82. The number of nitrogens with one attached hydrogen (secondary N) is 1. The number of halogens is 4. The van der Waals surface area contributed by atoms with Gasteiger partial charge in [0, 0.05) is 13.0 Å². The minimum absolute atomic E-state index is 0.0685. The van der Waals surface area contributed by atoms with Crippen molar-refractivity contribution in [3.05, 3.63) is 35.7 Å². The summed E-state index contributed by atoms with van der Waals surface area (Å²) in [6, 6.07) is 3.18. The molecule has 0 bridgehead atoms. The number of benzene rings is 1. The molecule has 1 aromatic carbocycles. The maximum Gasteiger partial charge on any atom is 0.393 e. The molecule has 28 heavy (non-hydrogen) atoms. The zero-order chi connectivity index (χ0) is 20.5. The number of fused-ring (bicyclic) bond motifs is 1.